The molecule has 0 radical (unpaired) electrons. The lowest BCUT2D eigenvalue weighted by molar-refractivity contribution is -0.127. The van der Waals surface area contributed by atoms with Gasteiger partial charge in [0.15, 0.2) is 0 Å². The molecule has 4 unspecified atom stereocenters. The number of pyridine rings is 1. The molecule has 0 spiro atoms. The molecule has 7 nitrogen and oxygen atoms in total. The van der Waals surface area contributed by atoms with Crippen molar-refractivity contribution in [3.05, 3.63) is 59.4 Å². The van der Waals surface area contributed by atoms with Crippen LogP contribution in [0.1, 0.15) is 68.3 Å². The van der Waals surface area contributed by atoms with E-state index < -0.39 is 0 Å². The van der Waals surface area contributed by atoms with E-state index in [0.717, 1.165) is 76.2 Å². The van der Waals surface area contributed by atoms with Gasteiger partial charge in [0.2, 0.25) is 5.91 Å². The van der Waals surface area contributed by atoms with E-state index in [9.17, 15) is 4.79 Å². The summed E-state index contributed by atoms with van der Waals surface area (Å²) in [6, 6.07) is 13.5. The summed E-state index contributed by atoms with van der Waals surface area (Å²) in [4.78, 5) is 20.2. The summed E-state index contributed by atoms with van der Waals surface area (Å²) in [6.07, 6.45) is 7.94. The molecule has 3 N–H and O–H groups in total. The van der Waals surface area contributed by atoms with Crippen LogP contribution in [0.2, 0.25) is 0 Å². The number of nitrogens with zero attached hydrogens (tertiary/aromatic N) is 2. The smallest absolute Gasteiger partial charge is 0.223 e. The van der Waals surface area contributed by atoms with Crippen molar-refractivity contribution < 1.29 is 9.53 Å². The Labute approximate surface area is 215 Å². The highest BCUT2D eigenvalue weighted by Gasteiger charge is 2.43. The van der Waals surface area contributed by atoms with Gasteiger partial charge in [0.05, 0.1) is 12.6 Å². The minimum absolute atomic E-state index is 0.0805. The Morgan fingerprint density at radius 3 is 2.94 bits per heavy atom. The summed E-state index contributed by atoms with van der Waals surface area (Å²) < 4.78 is 5.97. The summed E-state index contributed by atoms with van der Waals surface area (Å²) in [5.41, 5.74) is 10.5. The van der Waals surface area contributed by atoms with Crippen molar-refractivity contribution >= 4 is 5.91 Å². The molecule has 36 heavy (non-hydrogen) atoms. The fourth-order valence-corrected chi connectivity index (χ4v) is 6.25. The normalized spacial score (nSPS) is 28.4. The van der Waals surface area contributed by atoms with E-state index in [0.29, 0.717) is 12.0 Å². The van der Waals surface area contributed by atoms with E-state index in [-0.39, 0.29) is 23.9 Å². The number of aromatic nitrogens is 1. The zero-order valence-electron chi connectivity index (χ0n) is 21.7. The lowest BCUT2D eigenvalue weighted by Crippen LogP contribution is -2.50. The van der Waals surface area contributed by atoms with Gasteiger partial charge < -0.3 is 10.1 Å². The van der Waals surface area contributed by atoms with E-state index in [4.69, 9.17) is 4.74 Å². The van der Waals surface area contributed by atoms with Crippen LogP contribution in [-0.4, -0.2) is 47.6 Å². The van der Waals surface area contributed by atoms with E-state index in [1.165, 1.54) is 11.1 Å². The lowest BCUT2D eigenvalue weighted by atomic mass is 9.74. The first-order chi connectivity index (χ1) is 17.6. The quantitative estimate of drug-likeness (QED) is 0.520. The highest BCUT2D eigenvalue weighted by molar-refractivity contribution is 5.79. The molecule has 1 aliphatic carbocycles. The van der Waals surface area contributed by atoms with Gasteiger partial charge in [0, 0.05) is 48.5 Å². The second kappa shape index (κ2) is 11.7. The predicted octanol–water partition coefficient (Wildman–Crippen LogP) is 3.89. The molecule has 5 atom stereocenters. The van der Waals surface area contributed by atoms with Crippen molar-refractivity contribution in [1.29, 1.82) is 0 Å². The number of carbonyl (C=O) groups excluding carboxylic acids is 1. The molecule has 2 saturated heterocycles. The number of likely N-dealkylation sites (tertiary alicyclic amines) is 1. The molecular formula is C29H41N5O2. The Kier molecular flexibility index (Phi) is 8.19. The first-order valence-corrected chi connectivity index (χ1v) is 13.8. The molecule has 5 rings (SSSR count). The van der Waals surface area contributed by atoms with Gasteiger partial charge in [-0.1, -0.05) is 25.1 Å². The van der Waals surface area contributed by atoms with E-state index in [2.05, 4.69) is 63.3 Å². The first-order valence-electron chi connectivity index (χ1n) is 13.8. The number of aryl methyl sites for hydroxylation is 1. The zero-order chi connectivity index (χ0) is 24.9. The van der Waals surface area contributed by atoms with Crippen LogP contribution in [0.5, 0.6) is 5.75 Å². The fraction of sp³-hybridized carbons (Fsp3) is 0.586. The van der Waals surface area contributed by atoms with Crippen molar-refractivity contribution in [3.63, 3.8) is 0 Å². The van der Waals surface area contributed by atoms with Gasteiger partial charge in [-0.3, -0.25) is 20.1 Å². The highest BCUT2D eigenvalue weighted by Crippen LogP contribution is 2.40. The number of hydrogen-bond acceptors (Lipinski definition) is 6. The largest absolute Gasteiger partial charge is 0.493 e. The monoisotopic (exact) mass is 491 g/mol. The van der Waals surface area contributed by atoms with Gasteiger partial charge in [0.1, 0.15) is 5.75 Å². The Hall–Kier alpha value is -2.48. The maximum absolute atomic E-state index is 13.4. The minimum Gasteiger partial charge on any atom is -0.493 e. The Balaban J connectivity index is 1.17. The maximum atomic E-state index is 13.4. The van der Waals surface area contributed by atoms with Gasteiger partial charge >= 0.3 is 0 Å². The molecule has 1 amide bonds. The van der Waals surface area contributed by atoms with Crippen LogP contribution < -0.4 is 20.9 Å². The van der Waals surface area contributed by atoms with Crippen LogP contribution >= 0.6 is 0 Å². The number of carbonyl (C=O) groups is 1. The Morgan fingerprint density at radius 2 is 2.08 bits per heavy atom. The SMILES string of the molecule is CCCOc1ccccc1CN1CCC[C@@H](NC(=O)C2CCC3NNC(c4ccnc(C)c4)C3C2)C1. The number of nitrogens with one attached hydrogen (secondary N) is 3. The topological polar surface area (TPSA) is 78.5 Å². The zero-order valence-corrected chi connectivity index (χ0v) is 21.7. The average molecular weight is 492 g/mol. The number of rotatable bonds is 8. The summed E-state index contributed by atoms with van der Waals surface area (Å²) in [5.74, 6) is 1.72. The van der Waals surface area contributed by atoms with E-state index in [1.54, 1.807) is 0 Å². The van der Waals surface area contributed by atoms with Crippen LogP contribution in [0.25, 0.3) is 0 Å². The molecule has 7 heteroatoms. The number of fused-ring (bicyclic) bond motifs is 1. The summed E-state index contributed by atoms with van der Waals surface area (Å²) >= 11 is 0. The fourth-order valence-electron chi connectivity index (χ4n) is 6.25. The number of para-hydroxylation sites is 1. The van der Waals surface area contributed by atoms with Crippen LogP contribution in [0.4, 0.5) is 0 Å². The second-order valence-electron chi connectivity index (χ2n) is 10.8. The summed E-state index contributed by atoms with van der Waals surface area (Å²) in [6.45, 7) is 7.73. The van der Waals surface area contributed by atoms with Crippen LogP contribution in [0.15, 0.2) is 42.6 Å². The number of ether oxygens (including phenoxy) is 1. The standard InChI is InChI=1S/C29H41N5O2/c1-3-15-36-27-9-5-4-7-23(27)18-34-14-6-8-24(19-34)31-29(35)22-10-11-26-25(17-22)28(33-32-26)21-12-13-30-20(2)16-21/h4-5,7,9,12-13,16,22,24-26,28,32-33H,3,6,8,10-11,14-15,17-19H2,1-2H3,(H,31,35)/t22?,24-,25?,26?,28?/m1/s1. The van der Waals surface area contributed by atoms with E-state index >= 15 is 0 Å². The molecule has 1 aromatic heterocycles. The van der Waals surface area contributed by atoms with Crippen molar-refractivity contribution in [2.45, 2.75) is 77.0 Å². The molecule has 1 saturated carbocycles. The molecule has 2 aliphatic heterocycles. The molecule has 3 aliphatic rings. The third-order valence-corrected chi connectivity index (χ3v) is 8.08. The van der Waals surface area contributed by atoms with Gasteiger partial charge in [-0.2, -0.15) is 0 Å². The lowest BCUT2D eigenvalue weighted by Gasteiger charge is -2.36. The summed E-state index contributed by atoms with van der Waals surface area (Å²) in [5, 5.41) is 3.43. The molecule has 3 fully saturated rings. The third kappa shape index (κ3) is 5.90. The number of benzene rings is 1. The van der Waals surface area contributed by atoms with E-state index in [1.807, 2.05) is 19.2 Å². The number of hydrazine groups is 1. The number of hydrogen-bond donors (Lipinski definition) is 3. The van der Waals surface area contributed by atoms with Crippen molar-refractivity contribution in [2.24, 2.45) is 11.8 Å². The third-order valence-electron chi connectivity index (χ3n) is 8.08. The van der Waals surface area contributed by atoms with Crippen LogP contribution in [0, 0.1) is 18.8 Å². The highest BCUT2D eigenvalue weighted by atomic mass is 16.5. The molecular weight excluding hydrogens is 450 g/mol. The summed E-state index contributed by atoms with van der Waals surface area (Å²) in [7, 11) is 0. The van der Waals surface area contributed by atoms with Gasteiger partial charge in [-0.15, -0.1) is 0 Å². The number of piperidine rings is 1. The van der Waals surface area contributed by atoms with Crippen LogP contribution in [-0.2, 0) is 11.3 Å². The molecule has 1 aromatic carbocycles. The first kappa shape index (κ1) is 25.2. The second-order valence-corrected chi connectivity index (χ2v) is 10.8. The maximum Gasteiger partial charge on any atom is 0.223 e. The van der Waals surface area contributed by atoms with Crippen molar-refractivity contribution in [2.75, 3.05) is 19.7 Å². The minimum atomic E-state index is 0.0805. The van der Waals surface area contributed by atoms with Crippen LogP contribution in [0.3, 0.4) is 0 Å². The Morgan fingerprint density at radius 1 is 1.19 bits per heavy atom. The number of amides is 1. The van der Waals surface area contributed by atoms with Gasteiger partial charge in [-0.25, -0.2) is 5.43 Å². The van der Waals surface area contributed by atoms with Gasteiger partial charge in [-0.05, 0) is 81.7 Å². The average Bonchev–Trinajstić information content (AvgIpc) is 3.32. The molecule has 2 aromatic rings. The van der Waals surface area contributed by atoms with Gasteiger partial charge in [0.25, 0.3) is 0 Å². The molecule has 194 valence electrons. The van der Waals surface area contributed by atoms with Crippen molar-refractivity contribution in [3.8, 4) is 5.75 Å². The molecule has 3 heterocycles. The predicted molar refractivity (Wildman–Crippen MR) is 141 cm³/mol. The van der Waals surface area contributed by atoms with Crippen molar-refractivity contribution in [1.82, 2.24) is 26.1 Å². The molecule has 0 bridgehead atoms. The Bertz CT molecular complexity index is 1030.